The first kappa shape index (κ1) is 20.3. The summed E-state index contributed by atoms with van der Waals surface area (Å²) in [6.07, 6.45) is 0.907. The maximum atomic E-state index is 14.3. The van der Waals surface area contributed by atoms with E-state index in [0.29, 0.717) is 12.1 Å². The number of likely N-dealkylation sites (N-methyl/N-ethyl adjacent to an activating group) is 1. The molecule has 1 amide bonds. The van der Waals surface area contributed by atoms with E-state index in [1.54, 1.807) is 13.1 Å². The molecule has 1 aromatic heterocycles. The minimum absolute atomic E-state index is 0.0570. The van der Waals surface area contributed by atoms with Gasteiger partial charge >= 0.3 is 6.09 Å². The molecule has 2 aliphatic rings. The zero-order valence-corrected chi connectivity index (χ0v) is 17.5. The number of benzene rings is 2. The summed E-state index contributed by atoms with van der Waals surface area (Å²) in [6, 6.07) is 14.8. The molecule has 2 atom stereocenters. The van der Waals surface area contributed by atoms with Crippen LogP contribution in [-0.4, -0.2) is 28.2 Å². The van der Waals surface area contributed by atoms with E-state index in [2.05, 4.69) is 16.8 Å². The summed E-state index contributed by atoms with van der Waals surface area (Å²) in [4.78, 5) is 14.5. The Hall–Kier alpha value is -3.61. The highest BCUT2D eigenvalue weighted by Gasteiger charge is 2.58. The molecule has 0 aliphatic heterocycles. The van der Waals surface area contributed by atoms with E-state index < -0.39 is 23.3 Å². The first-order valence-electron chi connectivity index (χ1n) is 10.4. The smallest absolute Gasteiger partial charge is 0.410 e. The number of carbonyl (C=O) groups excluding carboxylic acids is 1. The second-order valence-electron chi connectivity index (χ2n) is 8.21. The number of carbonyl (C=O) groups is 1. The highest BCUT2D eigenvalue weighted by Crippen LogP contribution is 2.60. The van der Waals surface area contributed by atoms with Crippen molar-refractivity contribution in [2.45, 2.75) is 30.9 Å². The molecule has 2 aromatic carbocycles. The van der Waals surface area contributed by atoms with Gasteiger partial charge in [0.25, 0.3) is 0 Å². The average Bonchev–Trinajstić information content (AvgIpc) is 3.26. The Morgan fingerprint density at radius 3 is 2.59 bits per heavy atom. The molecule has 0 N–H and O–H groups in total. The summed E-state index contributed by atoms with van der Waals surface area (Å²) in [5.74, 6) is -1.45. The highest BCUT2D eigenvalue weighted by atomic mass is 19.1. The van der Waals surface area contributed by atoms with Crippen molar-refractivity contribution in [3.8, 4) is 11.3 Å². The Balaban J connectivity index is 1.47. The van der Waals surface area contributed by atoms with E-state index in [9.17, 15) is 13.6 Å². The molecule has 0 spiro atoms. The molecular formula is C25H21F2N3O2. The van der Waals surface area contributed by atoms with Gasteiger partial charge < -0.3 is 4.74 Å². The maximum absolute atomic E-state index is 14.3. The molecule has 0 saturated heterocycles. The summed E-state index contributed by atoms with van der Waals surface area (Å²) < 4.78 is 34.1. The third-order valence-electron chi connectivity index (χ3n) is 6.61. The van der Waals surface area contributed by atoms with Crippen LogP contribution in [0.25, 0.3) is 11.3 Å². The van der Waals surface area contributed by atoms with E-state index in [4.69, 9.17) is 4.74 Å². The Kier molecular flexibility index (Phi) is 4.77. The Morgan fingerprint density at radius 2 is 1.88 bits per heavy atom. The quantitative estimate of drug-likeness (QED) is 0.522. The molecule has 5 nitrogen and oxygen atoms in total. The number of ether oxygens (including phenoxy) is 1. The average molecular weight is 433 g/mol. The van der Waals surface area contributed by atoms with E-state index >= 15 is 0 Å². The van der Waals surface area contributed by atoms with Crippen LogP contribution in [-0.2, 0) is 16.9 Å². The van der Waals surface area contributed by atoms with Crippen molar-refractivity contribution in [2.24, 2.45) is 0 Å². The first-order valence-corrected chi connectivity index (χ1v) is 10.4. The normalized spacial score (nSPS) is 20.8. The number of amides is 1. The molecule has 0 radical (unpaired) electrons. The second-order valence-corrected chi connectivity index (χ2v) is 8.21. The van der Waals surface area contributed by atoms with Crippen LogP contribution in [0.5, 0.6) is 0 Å². The Morgan fingerprint density at radius 1 is 1.16 bits per heavy atom. The molecule has 3 aromatic rings. The zero-order chi connectivity index (χ0) is 22.5. The standard InChI is InChI=1S/C25H21F2N3O2/c1-15-17-11-12-25(15,30(2)24(31)32-14-16-7-4-3-5-8-16)23-18(17)13-21(28-29-23)22-19(26)9-6-10-20(22)27/h3-10,13,17H,1,11-12,14H2,2H3/t17-,25-/m0/s1. The van der Waals surface area contributed by atoms with Crippen molar-refractivity contribution >= 4 is 6.09 Å². The third-order valence-corrected chi connectivity index (χ3v) is 6.61. The summed E-state index contributed by atoms with van der Waals surface area (Å²) in [6.45, 7) is 4.41. The first-order chi connectivity index (χ1) is 15.4. The molecule has 2 bridgehead atoms. The predicted molar refractivity (Wildman–Crippen MR) is 115 cm³/mol. The minimum Gasteiger partial charge on any atom is -0.445 e. The monoisotopic (exact) mass is 433 g/mol. The van der Waals surface area contributed by atoms with Gasteiger partial charge in [0.1, 0.15) is 23.8 Å². The van der Waals surface area contributed by atoms with Crippen LogP contribution in [0.1, 0.15) is 35.6 Å². The fourth-order valence-corrected chi connectivity index (χ4v) is 4.96. The largest absolute Gasteiger partial charge is 0.445 e. The lowest BCUT2D eigenvalue weighted by molar-refractivity contribution is 0.0702. The lowest BCUT2D eigenvalue weighted by Crippen LogP contribution is -2.46. The van der Waals surface area contributed by atoms with Crippen molar-refractivity contribution in [2.75, 3.05) is 7.05 Å². The van der Waals surface area contributed by atoms with Gasteiger partial charge in [-0.15, -0.1) is 5.10 Å². The topological polar surface area (TPSA) is 55.3 Å². The molecule has 0 unspecified atom stereocenters. The molecule has 1 fully saturated rings. The van der Waals surface area contributed by atoms with Crippen LogP contribution < -0.4 is 0 Å². The Labute approximate surface area is 184 Å². The van der Waals surface area contributed by atoms with Gasteiger partial charge in [0, 0.05) is 13.0 Å². The zero-order valence-electron chi connectivity index (χ0n) is 17.5. The van der Waals surface area contributed by atoms with E-state index in [0.717, 1.165) is 23.1 Å². The van der Waals surface area contributed by atoms with Gasteiger partial charge in [-0.05, 0) is 47.7 Å². The summed E-state index contributed by atoms with van der Waals surface area (Å²) in [5.41, 5.74) is 2.19. The van der Waals surface area contributed by atoms with Gasteiger partial charge in [0.15, 0.2) is 0 Å². The summed E-state index contributed by atoms with van der Waals surface area (Å²) in [5, 5.41) is 8.48. The lowest BCUT2D eigenvalue weighted by atomic mass is 9.89. The molecule has 1 saturated carbocycles. The third kappa shape index (κ3) is 2.92. The maximum Gasteiger partial charge on any atom is 0.410 e. The van der Waals surface area contributed by atoms with Crippen LogP contribution >= 0.6 is 0 Å². The van der Waals surface area contributed by atoms with Gasteiger partial charge in [-0.25, -0.2) is 13.6 Å². The second kappa shape index (κ2) is 7.51. The number of aromatic nitrogens is 2. The SMILES string of the molecule is C=C1[C@@H]2CC[C@@]1(N(C)C(=O)OCc1ccccc1)c1nnc(-c3c(F)cccc3F)cc12. The fourth-order valence-electron chi connectivity index (χ4n) is 4.96. The highest BCUT2D eigenvalue weighted by molar-refractivity contribution is 5.73. The van der Waals surface area contributed by atoms with Crippen molar-refractivity contribution in [1.29, 1.82) is 0 Å². The van der Waals surface area contributed by atoms with Crippen molar-refractivity contribution < 1.29 is 18.3 Å². The van der Waals surface area contributed by atoms with E-state index in [-0.39, 0.29) is 23.8 Å². The predicted octanol–water partition coefficient (Wildman–Crippen LogP) is 5.33. The van der Waals surface area contributed by atoms with Crippen LogP contribution in [0.15, 0.2) is 66.7 Å². The number of hydrogen-bond acceptors (Lipinski definition) is 4. The summed E-state index contributed by atoms with van der Waals surface area (Å²) >= 11 is 0. The number of halogens is 2. The van der Waals surface area contributed by atoms with Crippen LogP contribution in [0.2, 0.25) is 0 Å². The minimum atomic E-state index is -0.840. The van der Waals surface area contributed by atoms with Crippen LogP contribution in [0.3, 0.4) is 0 Å². The van der Waals surface area contributed by atoms with Crippen molar-refractivity contribution in [3.63, 3.8) is 0 Å². The van der Waals surface area contributed by atoms with Crippen molar-refractivity contribution in [1.82, 2.24) is 15.1 Å². The van der Waals surface area contributed by atoms with Gasteiger partial charge in [-0.3, -0.25) is 4.90 Å². The lowest BCUT2D eigenvalue weighted by Gasteiger charge is -2.36. The van der Waals surface area contributed by atoms with Gasteiger partial charge in [0.2, 0.25) is 0 Å². The molecule has 5 rings (SSSR count). The van der Waals surface area contributed by atoms with E-state index in [1.807, 2.05) is 30.3 Å². The van der Waals surface area contributed by atoms with Crippen LogP contribution in [0.4, 0.5) is 13.6 Å². The number of nitrogens with zero attached hydrogens (tertiary/aromatic N) is 3. The number of fused-ring (bicyclic) bond motifs is 5. The Bertz CT molecular complexity index is 1210. The van der Waals surface area contributed by atoms with Gasteiger partial charge in [-0.1, -0.05) is 43.0 Å². The van der Waals surface area contributed by atoms with Crippen molar-refractivity contribution in [3.05, 3.63) is 95.2 Å². The molecular weight excluding hydrogens is 412 g/mol. The molecule has 2 aliphatic carbocycles. The number of rotatable bonds is 4. The van der Waals surface area contributed by atoms with Gasteiger partial charge in [0.05, 0.1) is 17.0 Å². The summed E-state index contributed by atoms with van der Waals surface area (Å²) in [7, 11) is 1.67. The molecule has 1 heterocycles. The molecule has 7 heteroatoms. The number of hydrogen-bond donors (Lipinski definition) is 0. The molecule has 162 valence electrons. The van der Waals surface area contributed by atoms with Gasteiger partial charge in [-0.2, -0.15) is 5.10 Å². The molecule has 32 heavy (non-hydrogen) atoms. The van der Waals surface area contributed by atoms with E-state index in [1.165, 1.54) is 23.1 Å². The fraction of sp³-hybridized carbons (Fsp3) is 0.240. The van der Waals surface area contributed by atoms with Crippen LogP contribution in [0, 0.1) is 11.6 Å².